The summed E-state index contributed by atoms with van der Waals surface area (Å²) in [6, 6.07) is 13.1. The van der Waals surface area contributed by atoms with Crippen LogP contribution >= 0.6 is 0 Å². The maximum atomic E-state index is 12.6. The Kier molecular flexibility index (Phi) is 4.85. The smallest absolute Gasteiger partial charge is 0.258 e. The van der Waals surface area contributed by atoms with Crippen molar-refractivity contribution in [1.29, 1.82) is 0 Å². The molecule has 0 bridgehead atoms. The van der Waals surface area contributed by atoms with Crippen LogP contribution < -0.4 is 10.1 Å². The molecule has 6 heteroatoms. The van der Waals surface area contributed by atoms with Crippen molar-refractivity contribution >= 4 is 17.1 Å². The minimum Gasteiger partial charge on any atom is -0.606 e. The van der Waals surface area contributed by atoms with Gasteiger partial charge in [0, 0.05) is 35.3 Å². The van der Waals surface area contributed by atoms with Crippen LogP contribution in [0.4, 0.5) is 0 Å². The fraction of sp³-hybridized carbons (Fsp3) is 0.235. The molecule has 23 heavy (non-hydrogen) atoms. The lowest BCUT2D eigenvalue weighted by atomic mass is 10.0. The molecule has 3 rings (SSSR count). The van der Waals surface area contributed by atoms with E-state index in [9.17, 15) is 9.35 Å². The molecule has 0 radical (unpaired) electrons. The molecule has 1 aliphatic rings. The normalized spacial score (nSPS) is 15.5. The zero-order chi connectivity index (χ0) is 16.2. The molecule has 2 N–H and O–H groups in total. The summed E-state index contributed by atoms with van der Waals surface area (Å²) in [5.74, 6) is 0.282. The van der Waals surface area contributed by atoms with Gasteiger partial charge >= 0.3 is 0 Å². The number of hydrogen-bond donors (Lipinski definition) is 2. The second-order valence-corrected chi connectivity index (χ2v) is 6.60. The molecule has 2 aromatic carbocycles. The number of benzene rings is 2. The first kappa shape index (κ1) is 15.9. The van der Waals surface area contributed by atoms with Crippen LogP contribution in [0, 0.1) is 0 Å². The third-order valence-corrected chi connectivity index (χ3v) is 5.18. The van der Waals surface area contributed by atoms with E-state index >= 15 is 0 Å². The molecule has 0 saturated carbocycles. The molecule has 0 aliphatic carbocycles. The van der Waals surface area contributed by atoms with Crippen LogP contribution in [0.2, 0.25) is 0 Å². The summed E-state index contributed by atoms with van der Waals surface area (Å²) in [5, 5.41) is 11.2. The van der Waals surface area contributed by atoms with E-state index in [4.69, 9.17) is 9.84 Å². The molecule has 2 aromatic rings. The number of carbonyl (C=O) groups excluding carboxylic acids is 1. The van der Waals surface area contributed by atoms with Gasteiger partial charge in [0.25, 0.3) is 5.91 Å². The van der Waals surface area contributed by atoms with E-state index in [0.717, 1.165) is 20.9 Å². The Bertz CT molecular complexity index is 719. The third kappa shape index (κ3) is 3.50. The molecular formula is C17H17NO4S. The fourth-order valence-electron chi connectivity index (χ4n) is 2.51. The van der Waals surface area contributed by atoms with Gasteiger partial charge in [0.15, 0.2) is 16.4 Å². The maximum absolute atomic E-state index is 12.6. The van der Waals surface area contributed by atoms with Crippen molar-refractivity contribution in [3.63, 3.8) is 0 Å². The number of hydrogen-bond acceptors (Lipinski definition) is 4. The lowest BCUT2D eigenvalue weighted by Crippen LogP contribution is -2.31. The van der Waals surface area contributed by atoms with Crippen LogP contribution in [0.15, 0.2) is 52.3 Å². The molecule has 0 fully saturated rings. The third-order valence-electron chi connectivity index (χ3n) is 3.59. The van der Waals surface area contributed by atoms with E-state index in [0.29, 0.717) is 12.2 Å². The Labute approximate surface area is 137 Å². The second kappa shape index (κ2) is 7.04. The Morgan fingerprint density at radius 2 is 2.00 bits per heavy atom. The monoisotopic (exact) mass is 331 g/mol. The lowest BCUT2D eigenvalue weighted by Gasteiger charge is -2.22. The summed E-state index contributed by atoms with van der Waals surface area (Å²) in [4.78, 5) is 13.1. The Morgan fingerprint density at radius 3 is 2.83 bits per heavy atom. The molecule has 1 unspecified atom stereocenters. The van der Waals surface area contributed by atoms with Crippen molar-refractivity contribution in [2.24, 2.45) is 0 Å². The molecule has 1 heterocycles. The first-order valence-electron chi connectivity index (χ1n) is 7.32. The van der Waals surface area contributed by atoms with Crippen molar-refractivity contribution in [2.45, 2.75) is 16.2 Å². The highest BCUT2D eigenvalue weighted by atomic mass is 32.2. The summed E-state index contributed by atoms with van der Waals surface area (Å²) in [7, 11) is 0. The van der Waals surface area contributed by atoms with Gasteiger partial charge in [-0.05, 0) is 24.3 Å². The zero-order valence-corrected chi connectivity index (χ0v) is 13.3. The number of nitrogens with one attached hydrogen (secondary N) is 1. The first-order valence-corrected chi connectivity index (χ1v) is 8.47. The molecule has 1 aliphatic heterocycles. The largest absolute Gasteiger partial charge is 0.606 e. The van der Waals surface area contributed by atoms with E-state index in [1.165, 1.54) is 0 Å². The van der Waals surface area contributed by atoms with Gasteiger partial charge in [-0.2, -0.15) is 0 Å². The minimum atomic E-state index is -1.18. The number of carbonyl (C=O) groups is 1. The van der Waals surface area contributed by atoms with Gasteiger partial charge in [0.1, 0.15) is 5.75 Å². The van der Waals surface area contributed by atoms with Crippen molar-refractivity contribution in [3.8, 4) is 5.75 Å². The van der Waals surface area contributed by atoms with Crippen molar-refractivity contribution < 1.29 is 19.2 Å². The maximum Gasteiger partial charge on any atom is 0.258 e. The van der Waals surface area contributed by atoms with Gasteiger partial charge in [-0.15, -0.1) is 0 Å². The Morgan fingerprint density at radius 1 is 1.22 bits per heavy atom. The number of aliphatic hydroxyl groups is 1. The number of rotatable bonds is 5. The van der Waals surface area contributed by atoms with Gasteiger partial charge in [-0.3, -0.25) is 4.79 Å². The summed E-state index contributed by atoms with van der Waals surface area (Å²) < 4.78 is 18.0. The minimum absolute atomic E-state index is 0.101. The first-order chi connectivity index (χ1) is 11.2. The highest BCUT2D eigenvalue weighted by molar-refractivity contribution is 7.91. The van der Waals surface area contributed by atoms with Crippen LogP contribution in [-0.2, 0) is 22.4 Å². The molecule has 0 saturated heterocycles. The Hall–Kier alpha value is -2.02. The van der Waals surface area contributed by atoms with E-state index < -0.39 is 11.2 Å². The predicted molar refractivity (Wildman–Crippen MR) is 86.0 cm³/mol. The highest BCUT2D eigenvalue weighted by Crippen LogP contribution is 2.35. The number of aliphatic hydroxyl groups excluding tert-OH is 1. The van der Waals surface area contributed by atoms with Gasteiger partial charge < -0.3 is 19.7 Å². The van der Waals surface area contributed by atoms with Gasteiger partial charge in [0.2, 0.25) is 0 Å². The summed E-state index contributed by atoms with van der Waals surface area (Å²) in [6.45, 7) is -0.00355. The van der Waals surface area contributed by atoms with Crippen LogP contribution in [0.1, 0.15) is 11.1 Å². The number of amides is 1. The van der Waals surface area contributed by atoms with E-state index in [-0.39, 0.29) is 25.7 Å². The molecule has 0 aromatic heterocycles. The van der Waals surface area contributed by atoms with Crippen LogP contribution in [0.3, 0.4) is 0 Å². The molecular weight excluding hydrogens is 314 g/mol. The fourth-order valence-corrected chi connectivity index (χ4v) is 3.89. The van der Waals surface area contributed by atoms with Crippen LogP contribution in [0.25, 0.3) is 0 Å². The number of fused-ring (bicyclic) bond motifs is 2. The quantitative estimate of drug-likeness (QED) is 0.808. The van der Waals surface area contributed by atoms with Crippen molar-refractivity contribution in [3.05, 3.63) is 53.6 Å². The average molecular weight is 331 g/mol. The van der Waals surface area contributed by atoms with Crippen LogP contribution in [0.5, 0.6) is 5.75 Å². The Balaban J connectivity index is 1.73. The van der Waals surface area contributed by atoms with Gasteiger partial charge in [0.05, 0.1) is 6.61 Å². The van der Waals surface area contributed by atoms with Gasteiger partial charge in [-0.25, -0.2) is 0 Å². The van der Waals surface area contributed by atoms with Gasteiger partial charge in [-0.1, -0.05) is 18.2 Å². The standard InChI is InChI=1S/C17H17NO4S/c19-8-7-18-17(20)11-22-14-5-6-16-13(10-14)9-12-3-1-2-4-15(12)23(16)21/h1-6,10,19H,7-9,11H2,(H,18,20). The average Bonchev–Trinajstić information content (AvgIpc) is 2.58. The SMILES string of the molecule is O=C(COc1ccc2c(c1)Cc1ccccc1[S+]2[O-])NCCO. The van der Waals surface area contributed by atoms with E-state index in [1.54, 1.807) is 12.1 Å². The summed E-state index contributed by atoms with van der Waals surface area (Å²) in [6.07, 6.45) is 0.700. The predicted octanol–water partition coefficient (Wildman–Crippen LogP) is 1.24. The molecule has 1 amide bonds. The lowest BCUT2D eigenvalue weighted by molar-refractivity contribution is -0.123. The second-order valence-electron chi connectivity index (χ2n) is 5.18. The van der Waals surface area contributed by atoms with E-state index in [2.05, 4.69) is 5.32 Å². The molecule has 120 valence electrons. The number of ether oxygens (including phenoxy) is 1. The summed E-state index contributed by atoms with van der Waals surface area (Å²) >= 11 is -1.18. The van der Waals surface area contributed by atoms with Crippen molar-refractivity contribution in [2.75, 3.05) is 19.8 Å². The van der Waals surface area contributed by atoms with E-state index in [1.807, 2.05) is 30.3 Å². The zero-order valence-electron chi connectivity index (χ0n) is 12.5. The highest BCUT2D eigenvalue weighted by Gasteiger charge is 2.28. The summed E-state index contributed by atoms with van der Waals surface area (Å²) in [5.41, 5.74) is 2.01. The topological polar surface area (TPSA) is 81.6 Å². The molecule has 5 nitrogen and oxygen atoms in total. The van der Waals surface area contributed by atoms with Crippen molar-refractivity contribution in [1.82, 2.24) is 5.32 Å². The molecule has 1 atom stereocenters. The van der Waals surface area contributed by atoms with Crippen LogP contribution in [-0.4, -0.2) is 35.3 Å². The molecule has 0 spiro atoms.